The number of hydrogen-bond acceptors (Lipinski definition) is 6. The Morgan fingerprint density at radius 1 is 1.39 bits per heavy atom. The molecule has 2 N–H and O–H groups in total. The van der Waals surface area contributed by atoms with Crippen molar-refractivity contribution in [1.82, 2.24) is 20.5 Å². The second kappa shape index (κ2) is 10.4. The van der Waals surface area contributed by atoms with Crippen LogP contribution in [-0.4, -0.2) is 60.7 Å². The molecule has 1 saturated heterocycles. The number of hydrogen-bond donors (Lipinski definition) is 2. The van der Waals surface area contributed by atoms with Gasteiger partial charge in [-0.25, -0.2) is 4.98 Å². The van der Waals surface area contributed by atoms with E-state index in [4.69, 9.17) is 4.42 Å². The van der Waals surface area contributed by atoms with Gasteiger partial charge in [0.1, 0.15) is 11.7 Å². The van der Waals surface area contributed by atoms with Gasteiger partial charge in [0.15, 0.2) is 10.8 Å². The number of aromatic nitrogens is 1. The van der Waals surface area contributed by atoms with Gasteiger partial charge in [-0.15, -0.1) is 36.2 Å². The van der Waals surface area contributed by atoms with Crippen molar-refractivity contribution in [3.63, 3.8) is 0 Å². The van der Waals surface area contributed by atoms with Gasteiger partial charge in [0.2, 0.25) is 0 Å². The number of piperazine rings is 1. The zero-order chi connectivity index (χ0) is 18.7. The van der Waals surface area contributed by atoms with Crippen LogP contribution in [0.25, 0.3) is 10.8 Å². The number of nitrogens with one attached hydrogen (secondary N) is 2. The second-order valence-electron chi connectivity index (χ2n) is 5.95. The molecule has 0 radical (unpaired) electrons. The number of aryl methyl sites for hydroxylation is 1. The standard InChI is InChI=1S/C16H19F3N4O2S.2ClH/c1-10-13(22-15(26-10)11-3-2-8-25-11)14(24)21-9-12(16(17,18)19)23-6-4-20-5-7-23;;/h2-3,8,12,20H,4-7,9H2,1H3,(H,21,24);2*1H. The number of nitrogens with zero attached hydrogens (tertiary/aromatic N) is 2. The van der Waals surface area contributed by atoms with Crippen molar-refractivity contribution in [2.45, 2.75) is 19.1 Å². The van der Waals surface area contributed by atoms with Crippen LogP contribution in [0.5, 0.6) is 0 Å². The summed E-state index contributed by atoms with van der Waals surface area (Å²) >= 11 is 1.26. The summed E-state index contributed by atoms with van der Waals surface area (Å²) in [4.78, 5) is 18.6. The highest BCUT2D eigenvalue weighted by Crippen LogP contribution is 2.28. The minimum Gasteiger partial charge on any atom is -0.462 e. The molecule has 28 heavy (non-hydrogen) atoms. The van der Waals surface area contributed by atoms with Crippen LogP contribution in [0.4, 0.5) is 13.2 Å². The summed E-state index contributed by atoms with van der Waals surface area (Å²) < 4.78 is 45.4. The van der Waals surface area contributed by atoms with E-state index < -0.39 is 24.7 Å². The van der Waals surface area contributed by atoms with Gasteiger partial charge in [0, 0.05) is 37.6 Å². The first-order chi connectivity index (χ1) is 12.4. The van der Waals surface area contributed by atoms with Crippen LogP contribution in [-0.2, 0) is 0 Å². The fourth-order valence-corrected chi connectivity index (χ4v) is 3.71. The molecule has 0 aromatic carbocycles. The van der Waals surface area contributed by atoms with Crippen molar-refractivity contribution >= 4 is 42.1 Å². The molecule has 1 aliphatic heterocycles. The lowest BCUT2D eigenvalue weighted by Gasteiger charge is -2.35. The van der Waals surface area contributed by atoms with Crippen LogP contribution in [0.2, 0.25) is 0 Å². The fraction of sp³-hybridized carbons (Fsp3) is 0.500. The number of alkyl halides is 3. The van der Waals surface area contributed by atoms with Crippen molar-refractivity contribution in [3.05, 3.63) is 29.0 Å². The first-order valence-electron chi connectivity index (χ1n) is 8.17. The smallest absolute Gasteiger partial charge is 0.405 e. The van der Waals surface area contributed by atoms with E-state index in [1.54, 1.807) is 19.1 Å². The summed E-state index contributed by atoms with van der Waals surface area (Å²) in [6, 6.07) is 1.70. The monoisotopic (exact) mass is 460 g/mol. The third-order valence-electron chi connectivity index (χ3n) is 4.17. The summed E-state index contributed by atoms with van der Waals surface area (Å²) in [6.45, 7) is 2.78. The quantitative estimate of drug-likeness (QED) is 0.717. The summed E-state index contributed by atoms with van der Waals surface area (Å²) in [5, 5.41) is 5.94. The molecule has 12 heteroatoms. The van der Waals surface area contributed by atoms with Crippen molar-refractivity contribution in [3.8, 4) is 10.8 Å². The topological polar surface area (TPSA) is 70.4 Å². The number of amides is 1. The highest BCUT2D eigenvalue weighted by molar-refractivity contribution is 7.15. The van der Waals surface area contributed by atoms with E-state index in [0.29, 0.717) is 41.8 Å². The summed E-state index contributed by atoms with van der Waals surface area (Å²) in [7, 11) is 0. The average Bonchev–Trinajstić information content (AvgIpc) is 3.24. The Labute approximate surface area is 176 Å². The Balaban J connectivity index is 0.00000196. The molecule has 3 heterocycles. The zero-order valence-corrected chi connectivity index (χ0v) is 17.4. The van der Waals surface area contributed by atoms with E-state index in [1.165, 1.54) is 22.5 Å². The van der Waals surface area contributed by atoms with Gasteiger partial charge in [-0.2, -0.15) is 13.2 Å². The van der Waals surface area contributed by atoms with E-state index >= 15 is 0 Å². The molecular formula is C16H21Cl2F3N4O2S. The number of halogens is 5. The van der Waals surface area contributed by atoms with Gasteiger partial charge in [-0.05, 0) is 19.1 Å². The van der Waals surface area contributed by atoms with Crippen molar-refractivity contribution in [1.29, 1.82) is 0 Å². The highest BCUT2D eigenvalue weighted by Gasteiger charge is 2.44. The molecule has 1 amide bonds. The first kappa shape index (κ1) is 24.7. The van der Waals surface area contributed by atoms with Gasteiger partial charge in [-0.3, -0.25) is 9.69 Å². The Kier molecular flexibility index (Phi) is 9.22. The van der Waals surface area contributed by atoms with Crippen molar-refractivity contribution in [2.24, 2.45) is 0 Å². The molecule has 6 nitrogen and oxygen atoms in total. The maximum absolute atomic E-state index is 13.4. The van der Waals surface area contributed by atoms with Crippen molar-refractivity contribution in [2.75, 3.05) is 32.7 Å². The summed E-state index contributed by atoms with van der Waals surface area (Å²) in [5.74, 6) is -0.0907. The van der Waals surface area contributed by atoms with E-state index in [-0.39, 0.29) is 30.5 Å². The number of carbonyl (C=O) groups is 1. The minimum absolute atomic E-state index is 0. The Morgan fingerprint density at radius 3 is 2.64 bits per heavy atom. The number of furan rings is 1. The molecule has 0 spiro atoms. The molecular weight excluding hydrogens is 440 g/mol. The Bertz CT molecular complexity index is 750. The number of rotatable bonds is 5. The van der Waals surface area contributed by atoms with Crippen LogP contribution in [0.15, 0.2) is 22.8 Å². The highest BCUT2D eigenvalue weighted by atomic mass is 35.5. The molecule has 0 bridgehead atoms. The third kappa shape index (κ3) is 5.84. The van der Waals surface area contributed by atoms with Crippen LogP contribution in [0.1, 0.15) is 15.4 Å². The Hall–Kier alpha value is -1.33. The largest absolute Gasteiger partial charge is 0.462 e. The molecule has 0 saturated carbocycles. The number of thiazole rings is 1. The Morgan fingerprint density at radius 2 is 2.07 bits per heavy atom. The predicted molar refractivity (Wildman–Crippen MR) is 106 cm³/mol. The average molecular weight is 461 g/mol. The number of carbonyl (C=O) groups excluding carboxylic acids is 1. The van der Waals surface area contributed by atoms with E-state index in [9.17, 15) is 18.0 Å². The van der Waals surface area contributed by atoms with Crippen LogP contribution in [0.3, 0.4) is 0 Å². The summed E-state index contributed by atoms with van der Waals surface area (Å²) in [6.07, 6.45) is -2.92. The van der Waals surface area contributed by atoms with Gasteiger partial charge in [0.05, 0.1) is 6.26 Å². The minimum atomic E-state index is -4.42. The molecule has 1 unspecified atom stereocenters. The van der Waals surface area contributed by atoms with Gasteiger partial charge in [0.25, 0.3) is 5.91 Å². The normalized spacial score (nSPS) is 16.0. The van der Waals surface area contributed by atoms with E-state index in [1.807, 2.05) is 0 Å². The zero-order valence-electron chi connectivity index (χ0n) is 14.9. The molecule has 1 atom stereocenters. The van der Waals surface area contributed by atoms with Crippen LogP contribution < -0.4 is 10.6 Å². The second-order valence-corrected chi connectivity index (χ2v) is 7.16. The molecule has 3 rings (SSSR count). The first-order valence-corrected chi connectivity index (χ1v) is 8.99. The van der Waals surface area contributed by atoms with Gasteiger partial charge >= 0.3 is 6.18 Å². The SMILES string of the molecule is Cc1sc(-c2ccco2)nc1C(=O)NCC(N1CCNCC1)C(F)(F)F.Cl.Cl. The maximum Gasteiger partial charge on any atom is 0.405 e. The lowest BCUT2D eigenvalue weighted by atomic mass is 10.2. The summed E-state index contributed by atoms with van der Waals surface area (Å²) in [5.41, 5.74) is 0.127. The fourth-order valence-electron chi connectivity index (χ4n) is 2.83. The molecule has 0 aliphatic carbocycles. The molecule has 158 valence electrons. The van der Waals surface area contributed by atoms with E-state index in [0.717, 1.165) is 0 Å². The van der Waals surface area contributed by atoms with Crippen molar-refractivity contribution < 1.29 is 22.4 Å². The predicted octanol–water partition coefficient (Wildman–Crippen LogP) is 3.12. The third-order valence-corrected chi connectivity index (χ3v) is 5.16. The molecule has 2 aromatic rings. The maximum atomic E-state index is 13.4. The molecule has 1 fully saturated rings. The van der Waals surface area contributed by atoms with Crippen LogP contribution in [0, 0.1) is 6.92 Å². The van der Waals surface area contributed by atoms with Gasteiger partial charge in [-0.1, -0.05) is 0 Å². The molecule has 2 aromatic heterocycles. The van der Waals surface area contributed by atoms with Gasteiger partial charge < -0.3 is 15.1 Å². The molecule has 1 aliphatic rings. The van der Waals surface area contributed by atoms with E-state index in [2.05, 4.69) is 15.6 Å². The van der Waals surface area contributed by atoms with Crippen LogP contribution >= 0.6 is 36.2 Å². The lowest BCUT2D eigenvalue weighted by molar-refractivity contribution is -0.183. The lowest BCUT2D eigenvalue weighted by Crippen LogP contribution is -2.57.